The largest absolute Gasteiger partial charge is 0.340 e. The van der Waals surface area contributed by atoms with E-state index in [4.69, 9.17) is 0 Å². The predicted octanol–water partition coefficient (Wildman–Crippen LogP) is 1.83. The summed E-state index contributed by atoms with van der Waals surface area (Å²) in [4.78, 5) is 31.9. The highest BCUT2D eigenvalue weighted by molar-refractivity contribution is 5.94. The molecule has 154 valence electrons. The lowest BCUT2D eigenvalue weighted by Gasteiger charge is -2.35. The molecule has 3 rings (SSSR count). The van der Waals surface area contributed by atoms with Crippen molar-refractivity contribution in [1.29, 1.82) is 0 Å². The van der Waals surface area contributed by atoms with E-state index in [0.717, 1.165) is 39.3 Å². The summed E-state index contributed by atoms with van der Waals surface area (Å²) < 4.78 is 0. The maximum atomic E-state index is 13.1. The Labute approximate surface area is 168 Å². The molecule has 0 spiro atoms. The Bertz CT molecular complexity index is 631. The number of piperidine rings is 1. The molecule has 1 unspecified atom stereocenters. The first kappa shape index (κ1) is 20.8. The third kappa shape index (κ3) is 5.79. The second kappa shape index (κ2) is 10.6. The second-order valence-corrected chi connectivity index (χ2v) is 7.92. The van der Waals surface area contributed by atoms with Crippen molar-refractivity contribution in [3.63, 3.8) is 0 Å². The Kier molecular flexibility index (Phi) is 7.86. The van der Waals surface area contributed by atoms with E-state index in [1.54, 1.807) is 0 Å². The van der Waals surface area contributed by atoms with Gasteiger partial charge in [-0.1, -0.05) is 24.6 Å². The standard InChI is InChI=1S/C22H34N4O2/c1-19-7-5-6-13-24(19)17-18-26(22(28)20-8-3-2-4-9-20)14-10-21(27)25-15-11-23-12-16-25/h2-4,8-9,19,23H,5-7,10-18H2,1H3. The van der Waals surface area contributed by atoms with E-state index in [1.807, 2.05) is 40.1 Å². The number of hydrogen-bond donors (Lipinski definition) is 1. The molecule has 6 heteroatoms. The van der Waals surface area contributed by atoms with Crippen LogP contribution in [0.2, 0.25) is 0 Å². The van der Waals surface area contributed by atoms with Gasteiger partial charge in [0.05, 0.1) is 0 Å². The minimum atomic E-state index is 0.0263. The highest BCUT2D eigenvalue weighted by Gasteiger charge is 2.23. The first-order valence-corrected chi connectivity index (χ1v) is 10.7. The van der Waals surface area contributed by atoms with Crippen LogP contribution in [0.3, 0.4) is 0 Å². The second-order valence-electron chi connectivity index (χ2n) is 7.92. The van der Waals surface area contributed by atoms with Crippen molar-refractivity contribution < 1.29 is 9.59 Å². The number of amides is 2. The normalized spacial score (nSPS) is 20.8. The van der Waals surface area contributed by atoms with Gasteiger partial charge in [-0.05, 0) is 38.4 Å². The fraction of sp³-hybridized carbons (Fsp3) is 0.636. The van der Waals surface area contributed by atoms with Gasteiger partial charge in [-0.15, -0.1) is 0 Å². The zero-order valence-corrected chi connectivity index (χ0v) is 17.1. The number of piperazine rings is 1. The van der Waals surface area contributed by atoms with Gasteiger partial charge in [-0.25, -0.2) is 0 Å². The lowest BCUT2D eigenvalue weighted by atomic mass is 10.0. The van der Waals surface area contributed by atoms with Crippen LogP contribution in [-0.4, -0.2) is 84.9 Å². The maximum Gasteiger partial charge on any atom is 0.253 e. The zero-order valence-electron chi connectivity index (χ0n) is 17.1. The highest BCUT2D eigenvalue weighted by Crippen LogP contribution is 2.16. The van der Waals surface area contributed by atoms with E-state index in [0.29, 0.717) is 31.1 Å². The molecular weight excluding hydrogens is 352 g/mol. The summed E-state index contributed by atoms with van der Waals surface area (Å²) in [6.45, 7) is 8.64. The molecule has 0 bridgehead atoms. The monoisotopic (exact) mass is 386 g/mol. The van der Waals surface area contributed by atoms with Gasteiger partial charge < -0.3 is 15.1 Å². The molecule has 2 amide bonds. The summed E-state index contributed by atoms with van der Waals surface area (Å²) in [6, 6.07) is 10.00. The van der Waals surface area contributed by atoms with Gasteiger partial charge in [0.2, 0.25) is 5.91 Å². The summed E-state index contributed by atoms with van der Waals surface area (Å²) in [7, 11) is 0. The summed E-state index contributed by atoms with van der Waals surface area (Å²) in [5, 5.41) is 3.27. The number of carbonyl (C=O) groups excluding carboxylic acids is 2. The van der Waals surface area contributed by atoms with Crippen molar-refractivity contribution in [1.82, 2.24) is 20.0 Å². The molecule has 2 fully saturated rings. The van der Waals surface area contributed by atoms with Crippen LogP contribution in [0.4, 0.5) is 0 Å². The number of rotatable bonds is 7. The number of likely N-dealkylation sites (tertiary alicyclic amines) is 1. The van der Waals surface area contributed by atoms with E-state index in [2.05, 4.69) is 17.1 Å². The summed E-state index contributed by atoms with van der Waals surface area (Å²) >= 11 is 0. The summed E-state index contributed by atoms with van der Waals surface area (Å²) in [6.07, 6.45) is 4.16. The Morgan fingerprint density at radius 3 is 2.54 bits per heavy atom. The molecular formula is C22H34N4O2. The van der Waals surface area contributed by atoms with Crippen LogP contribution in [0.15, 0.2) is 30.3 Å². The lowest BCUT2D eigenvalue weighted by molar-refractivity contribution is -0.131. The van der Waals surface area contributed by atoms with Crippen LogP contribution in [0, 0.1) is 0 Å². The first-order valence-electron chi connectivity index (χ1n) is 10.7. The minimum Gasteiger partial charge on any atom is -0.340 e. The van der Waals surface area contributed by atoms with Crippen molar-refractivity contribution in [2.45, 2.75) is 38.6 Å². The van der Waals surface area contributed by atoms with Crippen molar-refractivity contribution >= 4 is 11.8 Å². The molecule has 1 aromatic rings. The zero-order chi connectivity index (χ0) is 19.8. The smallest absolute Gasteiger partial charge is 0.253 e. The fourth-order valence-corrected chi connectivity index (χ4v) is 4.12. The molecule has 2 aliphatic heterocycles. The molecule has 1 atom stereocenters. The molecule has 6 nitrogen and oxygen atoms in total. The van der Waals surface area contributed by atoms with Gasteiger partial charge in [0, 0.05) is 63.8 Å². The maximum absolute atomic E-state index is 13.1. The quantitative estimate of drug-likeness (QED) is 0.777. The van der Waals surface area contributed by atoms with E-state index in [9.17, 15) is 9.59 Å². The van der Waals surface area contributed by atoms with Crippen LogP contribution >= 0.6 is 0 Å². The van der Waals surface area contributed by atoms with Crippen molar-refractivity contribution in [2.24, 2.45) is 0 Å². The third-order valence-corrected chi connectivity index (χ3v) is 5.97. The van der Waals surface area contributed by atoms with Crippen LogP contribution in [0.5, 0.6) is 0 Å². The molecule has 2 heterocycles. The lowest BCUT2D eigenvalue weighted by Crippen LogP contribution is -2.48. The average Bonchev–Trinajstić information content (AvgIpc) is 2.75. The number of benzene rings is 1. The molecule has 2 aliphatic rings. The number of nitrogens with zero attached hydrogens (tertiary/aromatic N) is 3. The SMILES string of the molecule is CC1CCCCN1CCN(CCC(=O)N1CCNCC1)C(=O)c1ccccc1. The van der Waals surface area contributed by atoms with Gasteiger partial charge in [0.25, 0.3) is 5.91 Å². The van der Waals surface area contributed by atoms with Crippen molar-refractivity contribution in [2.75, 3.05) is 52.4 Å². The highest BCUT2D eigenvalue weighted by atomic mass is 16.2. The minimum absolute atomic E-state index is 0.0263. The first-order chi connectivity index (χ1) is 13.6. The third-order valence-electron chi connectivity index (χ3n) is 5.97. The fourth-order valence-electron chi connectivity index (χ4n) is 4.12. The van der Waals surface area contributed by atoms with Crippen LogP contribution in [0.25, 0.3) is 0 Å². The van der Waals surface area contributed by atoms with Crippen molar-refractivity contribution in [3.05, 3.63) is 35.9 Å². The molecule has 2 saturated heterocycles. The average molecular weight is 387 g/mol. The van der Waals surface area contributed by atoms with Gasteiger partial charge >= 0.3 is 0 Å². The number of hydrogen-bond acceptors (Lipinski definition) is 4. The topological polar surface area (TPSA) is 55.9 Å². The Morgan fingerprint density at radius 2 is 1.82 bits per heavy atom. The molecule has 0 radical (unpaired) electrons. The molecule has 1 N–H and O–H groups in total. The summed E-state index contributed by atoms with van der Waals surface area (Å²) in [5.74, 6) is 0.178. The number of nitrogens with one attached hydrogen (secondary N) is 1. The van der Waals surface area contributed by atoms with Crippen LogP contribution < -0.4 is 5.32 Å². The van der Waals surface area contributed by atoms with Crippen LogP contribution in [-0.2, 0) is 4.79 Å². The molecule has 0 aromatic heterocycles. The van der Waals surface area contributed by atoms with E-state index in [-0.39, 0.29) is 11.8 Å². The molecule has 0 saturated carbocycles. The molecule has 0 aliphatic carbocycles. The van der Waals surface area contributed by atoms with Gasteiger partial charge in [0.1, 0.15) is 0 Å². The Hall–Kier alpha value is -1.92. The van der Waals surface area contributed by atoms with Crippen molar-refractivity contribution in [3.8, 4) is 0 Å². The van der Waals surface area contributed by atoms with Crippen LogP contribution in [0.1, 0.15) is 43.0 Å². The molecule has 1 aromatic carbocycles. The van der Waals surface area contributed by atoms with E-state index >= 15 is 0 Å². The van der Waals surface area contributed by atoms with Gasteiger partial charge in [0.15, 0.2) is 0 Å². The number of carbonyl (C=O) groups is 2. The van der Waals surface area contributed by atoms with E-state index in [1.165, 1.54) is 19.3 Å². The summed E-state index contributed by atoms with van der Waals surface area (Å²) in [5.41, 5.74) is 0.698. The Morgan fingerprint density at radius 1 is 1.07 bits per heavy atom. The predicted molar refractivity (Wildman–Crippen MR) is 111 cm³/mol. The Balaban J connectivity index is 1.60. The molecule has 28 heavy (non-hydrogen) atoms. The van der Waals surface area contributed by atoms with E-state index < -0.39 is 0 Å². The van der Waals surface area contributed by atoms with Gasteiger partial charge in [-0.3, -0.25) is 14.5 Å². The van der Waals surface area contributed by atoms with Gasteiger partial charge in [-0.2, -0.15) is 0 Å².